The van der Waals surface area contributed by atoms with Gasteiger partial charge in [-0.2, -0.15) is 0 Å². The van der Waals surface area contributed by atoms with Gasteiger partial charge in [0.15, 0.2) is 0 Å². The van der Waals surface area contributed by atoms with Gasteiger partial charge in [0, 0.05) is 38.7 Å². The fourth-order valence-corrected chi connectivity index (χ4v) is 2.98. The lowest BCUT2D eigenvalue weighted by Gasteiger charge is -2.20. The standard InChI is InChI=1S/C13H19ClN2O4S/c1-11(17)16(8-9-20-2)7-6-15-21(18,19)13-5-3-4-12(14)10-13/h3-5,10,15H,6-9H2,1-2H3. The van der Waals surface area contributed by atoms with Crippen LogP contribution >= 0.6 is 11.6 Å². The van der Waals surface area contributed by atoms with Crippen LogP contribution < -0.4 is 4.72 Å². The summed E-state index contributed by atoms with van der Waals surface area (Å²) in [6, 6.07) is 6.00. The molecule has 0 saturated carbocycles. The Morgan fingerprint density at radius 3 is 2.67 bits per heavy atom. The number of hydrogen-bond donors (Lipinski definition) is 1. The van der Waals surface area contributed by atoms with E-state index in [2.05, 4.69) is 4.72 Å². The first-order chi connectivity index (χ1) is 9.86. The topological polar surface area (TPSA) is 75.7 Å². The summed E-state index contributed by atoms with van der Waals surface area (Å²) in [5.74, 6) is -0.131. The molecule has 0 atom stereocenters. The summed E-state index contributed by atoms with van der Waals surface area (Å²) in [5.41, 5.74) is 0. The van der Waals surface area contributed by atoms with E-state index < -0.39 is 10.0 Å². The summed E-state index contributed by atoms with van der Waals surface area (Å²) in [6.45, 7) is 2.66. The monoisotopic (exact) mass is 334 g/mol. The van der Waals surface area contributed by atoms with Gasteiger partial charge in [-0.1, -0.05) is 17.7 Å². The molecule has 1 amide bonds. The maximum absolute atomic E-state index is 12.1. The molecule has 0 aromatic heterocycles. The molecule has 0 saturated heterocycles. The maximum Gasteiger partial charge on any atom is 0.240 e. The Balaban J connectivity index is 2.59. The van der Waals surface area contributed by atoms with Crippen LogP contribution in [0.5, 0.6) is 0 Å². The number of halogens is 1. The Morgan fingerprint density at radius 2 is 2.10 bits per heavy atom. The van der Waals surface area contributed by atoms with E-state index in [1.807, 2.05) is 0 Å². The Hall–Kier alpha value is -1.15. The molecule has 0 fully saturated rings. The number of ether oxygens (including phenoxy) is 1. The molecule has 1 aromatic carbocycles. The first-order valence-electron chi connectivity index (χ1n) is 6.36. The molecule has 1 aromatic rings. The van der Waals surface area contributed by atoms with Crippen LogP contribution in [0, 0.1) is 0 Å². The molecule has 1 N–H and O–H groups in total. The van der Waals surface area contributed by atoms with Gasteiger partial charge in [0.2, 0.25) is 15.9 Å². The van der Waals surface area contributed by atoms with Crippen molar-refractivity contribution in [3.05, 3.63) is 29.3 Å². The van der Waals surface area contributed by atoms with E-state index in [1.54, 1.807) is 19.2 Å². The molecule has 1 rings (SSSR count). The molecule has 0 heterocycles. The van der Waals surface area contributed by atoms with Crippen LogP contribution in [0.2, 0.25) is 5.02 Å². The Kier molecular flexibility index (Phi) is 7.10. The number of hydrogen-bond acceptors (Lipinski definition) is 4. The van der Waals surface area contributed by atoms with Crippen molar-refractivity contribution in [2.24, 2.45) is 0 Å². The molecular weight excluding hydrogens is 316 g/mol. The van der Waals surface area contributed by atoms with Gasteiger partial charge in [-0.05, 0) is 18.2 Å². The van der Waals surface area contributed by atoms with Gasteiger partial charge in [-0.3, -0.25) is 4.79 Å². The third-order valence-corrected chi connectivity index (χ3v) is 4.48. The number of rotatable bonds is 8. The van der Waals surface area contributed by atoms with E-state index in [4.69, 9.17) is 16.3 Å². The van der Waals surface area contributed by atoms with Crippen molar-refractivity contribution in [2.75, 3.05) is 33.4 Å². The average molecular weight is 335 g/mol. The zero-order valence-electron chi connectivity index (χ0n) is 12.0. The van der Waals surface area contributed by atoms with E-state index >= 15 is 0 Å². The van der Waals surface area contributed by atoms with E-state index in [0.717, 1.165) is 0 Å². The summed E-state index contributed by atoms with van der Waals surface area (Å²) in [5, 5.41) is 0.350. The molecule has 0 spiro atoms. The zero-order valence-corrected chi connectivity index (χ0v) is 13.6. The van der Waals surface area contributed by atoms with Crippen molar-refractivity contribution < 1.29 is 17.9 Å². The lowest BCUT2D eigenvalue weighted by molar-refractivity contribution is -0.129. The first-order valence-corrected chi connectivity index (χ1v) is 8.22. The van der Waals surface area contributed by atoms with Gasteiger partial charge in [-0.25, -0.2) is 13.1 Å². The second-order valence-electron chi connectivity index (χ2n) is 4.35. The van der Waals surface area contributed by atoms with Crippen LogP contribution in [-0.4, -0.2) is 52.6 Å². The molecule has 0 unspecified atom stereocenters. The summed E-state index contributed by atoms with van der Waals surface area (Å²) < 4.78 is 31.5. The highest BCUT2D eigenvalue weighted by Crippen LogP contribution is 2.14. The molecular formula is C13H19ClN2O4S. The molecule has 8 heteroatoms. The third-order valence-electron chi connectivity index (χ3n) is 2.79. The molecule has 21 heavy (non-hydrogen) atoms. The number of sulfonamides is 1. The highest BCUT2D eigenvalue weighted by Gasteiger charge is 2.15. The Labute approximate surface area is 130 Å². The Morgan fingerprint density at radius 1 is 1.38 bits per heavy atom. The molecule has 0 aliphatic carbocycles. The van der Waals surface area contributed by atoms with Crippen molar-refractivity contribution in [1.82, 2.24) is 9.62 Å². The molecule has 6 nitrogen and oxygen atoms in total. The van der Waals surface area contributed by atoms with Gasteiger partial charge in [-0.15, -0.1) is 0 Å². The van der Waals surface area contributed by atoms with E-state index in [0.29, 0.717) is 18.2 Å². The minimum absolute atomic E-state index is 0.0984. The van der Waals surface area contributed by atoms with Crippen LogP contribution in [0.1, 0.15) is 6.92 Å². The predicted molar refractivity (Wildman–Crippen MR) is 80.8 cm³/mol. The molecule has 0 bridgehead atoms. The number of nitrogens with one attached hydrogen (secondary N) is 1. The predicted octanol–water partition coefficient (Wildman–Crippen LogP) is 1.11. The average Bonchev–Trinajstić information content (AvgIpc) is 2.42. The van der Waals surface area contributed by atoms with Crippen LogP contribution in [0.15, 0.2) is 29.2 Å². The normalized spacial score (nSPS) is 11.4. The highest BCUT2D eigenvalue weighted by molar-refractivity contribution is 7.89. The summed E-state index contributed by atoms with van der Waals surface area (Å²) >= 11 is 5.78. The van der Waals surface area contributed by atoms with E-state index in [-0.39, 0.29) is 23.9 Å². The van der Waals surface area contributed by atoms with Gasteiger partial charge in [0.25, 0.3) is 0 Å². The lowest BCUT2D eigenvalue weighted by Crippen LogP contribution is -2.39. The van der Waals surface area contributed by atoms with E-state index in [1.165, 1.54) is 24.0 Å². The second kappa shape index (κ2) is 8.33. The summed E-state index contributed by atoms with van der Waals surface area (Å²) in [7, 11) is -2.09. The van der Waals surface area contributed by atoms with Crippen LogP contribution in [0.3, 0.4) is 0 Å². The van der Waals surface area contributed by atoms with Crippen molar-refractivity contribution in [3.63, 3.8) is 0 Å². The number of carbonyl (C=O) groups is 1. The van der Waals surface area contributed by atoms with E-state index in [9.17, 15) is 13.2 Å². The maximum atomic E-state index is 12.1. The summed E-state index contributed by atoms with van der Waals surface area (Å²) in [4.78, 5) is 13.0. The minimum atomic E-state index is -3.63. The van der Waals surface area contributed by atoms with Gasteiger partial charge >= 0.3 is 0 Å². The molecule has 118 valence electrons. The number of carbonyl (C=O) groups excluding carboxylic acids is 1. The lowest BCUT2D eigenvalue weighted by atomic mass is 10.4. The van der Waals surface area contributed by atoms with Gasteiger partial charge in [0.1, 0.15) is 0 Å². The number of methoxy groups -OCH3 is 1. The molecule has 0 aliphatic heterocycles. The largest absolute Gasteiger partial charge is 0.383 e. The minimum Gasteiger partial charge on any atom is -0.383 e. The number of nitrogens with zero attached hydrogens (tertiary/aromatic N) is 1. The quantitative estimate of drug-likeness (QED) is 0.772. The number of amides is 1. The number of benzene rings is 1. The first kappa shape index (κ1) is 17.9. The van der Waals surface area contributed by atoms with Crippen LogP contribution in [0.25, 0.3) is 0 Å². The van der Waals surface area contributed by atoms with Crippen molar-refractivity contribution in [3.8, 4) is 0 Å². The fourth-order valence-electron chi connectivity index (χ4n) is 1.66. The fraction of sp³-hybridized carbons (Fsp3) is 0.462. The van der Waals surface area contributed by atoms with Gasteiger partial charge < -0.3 is 9.64 Å². The third kappa shape index (κ3) is 6.01. The molecule has 0 aliphatic rings. The highest BCUT2D eigenvalue weighted by atomic mass is 35.5. The van der Waals surface area contributed by atoms with Crippen molar-refractivity contribution in [2.45, 2.75) is 11.8 Å². The SMILES string of the molecule is COCCN(CCNS(=O)(=O)c1cccc(Cl)c1)C(C)=O. The van der Waals surface area contributed by atoms with Gasteiger partial charge in [0.05, 0.1) is 11.5 Å². The van der Waals surface area contributed by atoms with Crippen molar-refractivity contribution in [1.29, 1.82) is 0 Å². The van der Waals surface area contributed by atoms with Crippen LogP contribution in [-0.2, 0) is 19.6 Å². The van der Waals surface area contributed by atoms with Crippen LogP contribution in [0.4, 0.5) is 0 Å². The van der Waals surface area contributed by atoms with Crippen molar-refractivity contribution >= 4 is 27.5 Å². The smallest absolute Gasteiger partial charge is 0.240 e. The zero-order chi connectivity index (χ0) is 15.9. The second-order valence-corrected chi connectivity index (χ2v) is 6.56. The molecule has 0 radical (unpaired) electrons. The summed E-state index contributed by atoms with van der Waals surface area (Å²) in [6.07, 6.45) is 0. The Bertz CT molecular complexity index is 577.